The average molecular weight is 446 g/mol. The fraction of sp³-hybridized carbons (Fsp3) is 0.435. The number of hydrogen-bond acceptors (Lipinski definition) is 4. The van der Waals surface area contributed by atoms with Crippen LogP contribution < -0.4 is 20.1 Å². The molecule has 3 rings (SSSR count). The molecular formula is C23H31N3O4S. The molecule has 2 aromatic carbocycles. The van der Waals surface area contributed by atoms with Gasteiger partial charge in [-0.15, -0.1) is 0 Å². The molecule has 8 heteroatoms. The van der Waals surface area contributed by atoms with Crippen molar-refractivity contribution in [3.8, 4) is 5.75 Å². The lowest BCUT2D eigenvalue weighted by Gasteiger charge is -2.17. The topological polar surface area (TPSA) is 96.5 Å². The van der Waals surface area contributed by atoms with Gasteiger partial charge in [0.1, 0.15) is 5.75 Å². The van der Waals surface area contributed by atoms with Crippen molar-refractivity contribution < 1.29 is 17.9 Å². The van der Waals surface area contributed by atoms with Crippen LogP contribution in [-0.2, 0) is 16.6 Å². The molecule has 0 unspecified atom stereocenters. The number of amides is 2. The molecule has 1 aliphatic rings. The van der Waals surface area contributed by atoms with Gasteiger partial charge >= 0.3 is 6.03 Å². The number of carbonyl (C=O) groups excluding carboxylic acids is 1. The van der Waals surface area contributed by atoms with E-state index in [4.69, 9.17) is 4.74 Å². The molecule has 3 N–H and O–H groups in total. The van der Waals surface area contributed by atoms with Crippen molar-refractivity contribution >= 4 is 16.1 Å². The van der Waals surface area contributed by atoms with E-state index in [0.717, 1.165) is 29.7 Å². The number of carbonyl (C=O) groups is 1. The van der Waals surface area contributed by atoms with Crippen molar-refractivity contribution in [2.45, 2.75) is 57.1 Å². The monoisotopic (exact) mass is 445 g/mol. The van der Waals surface area contributed by atoms with E-state index in [1.54, 1.807) is 19.1 Å². The standard InChI is InChI=1S/C23H31N3O4S/c1-17-11-12-18(2)22(15-17)31(28,29)26-14-13-24-23(27)25-16-19-7-3-6-10-21(19)30-20-8-4-5-9-20/h3,6-7,10-12,15,20,26H,4-5,8-9,13-14,16H2,1-2H3,(H2,24,25,27). The van der Waals surface area contributed by atoms with E-state index in [1.165, 1.54) is 12.8 Å². The molecule has 0 bridgehead atoms. The molecule has 0 aliphatic heterocycles. The minimum atomic E-state index is -3.62. The van der Waals surface area contributed by atoms with E-state index in [0.29, 0.717) is 12.1 Å². The highest BCUT2D eigenvalue weighted by molar-refractivity contribution is 7.89. The molecule has 168 valence electrons. The lowest BCUT2D eigenvalue weighted by atomic mass is 10.2. The summed E-state index contributed by atoms with van der Waals surface area (Å²) in [6, 6.07) is 12.6. The van der Waals surface area contributed by atoms with Crippen LogP contribution in [0.2, 0.25) is 0 Å². The van der Waals surface area contributed by atoms with Gasteiger partial charge in [0, 0.05) is 25.2 Å². The number of aryl methyl sites for hydroxylation is 2. The molecular weight excluding hydrogens is 414 g/mol. The summed E-state index contributed by atoms with van der Waals surface area (Å²) < 4.78 is 33.6. The maximum Gasteiger partial charge on any atom is 0.315 e. The Labute approximate surface area is 184 Å². The van der Waals surface area contributed by atoms with Crippen molar-refractivity contribution in [3.63, 3.8) is 0 Å². The predicted octanol–water partition coefficient (Wildman–Crippen LogP) is 3.40. The summed E-state index contributed by atoms with van der Waals surface area (Å²) in [5.41, 5.74) is 2.48. The van der Waals surface area contributed by atoms with Crippen LogP contribution in [-0.4, -0.2) is 33.6 Å². The Bertz CT molecular complexity index is 1000. The van der Waals surface area contributed by atoms with Crippen LogP contribution in [0.3, 0.4) is 0 Å². The minimum absolute atomic E-state index is 0.102. The number of benzene rings is 2. The summed E-state index contributed by atoms with van der Waals surface area (Å²) in [4.78, 5) is 12.4. The second-order valence-electron chi connectivity index (χ2n) is 7.91. The highest BCUT2D eigenvalue weighted by atomic mass is 32.2. The quantitative estimate of drug-likeness (QED) is 0.516. The predicted molar refractivity (Wildman–Crippen MR) is 121 cm³/mol. The summed E-state index contributed by atoms with van der Waals surface area (Å²) in [5.74, 6) is 0.802. The maximum absolute atomic E-state index is 12.5. The molecule has 0 heterocycles. The summed E-state index contributed by atoms with van der Waals surface area (Å²) in [6.07, 6.45) is 4.78. The summed E-state index contributed by atoms with van der Waals surface area (Å²) >= 11 is 0. The van der Waals surface area contributed by atoms with E-state index in [-0.39, 0.29) is 30.1 Å². The molecule has 31 heavy (non-hydrogen) atoms. The van der Waals surface area contributed by atoms with Crippen LogP contribution >= 0.6 is 0 Å². The van der Waals surface area contributed by atoms with Crippen molar-refractivity contribution in [2.75, 3.05) is 13.1 Å². The van der Waals surface area contributed by atoms with Crippen LogP contribution in [0.4, 0.5) is 4.79 Å². The molecule has 1 aliphatic carbocycles. The van der Waals surface area contributed by atoms with Gasteiger partial charge in [-0.1, -0.05) is 30.3 Å². The smallest absolute Gasteiger partial charge is 0.315 e. The molecule has 0 saturated heterocycles. The first-order valence-corrected chi connectivity index (χ1v) is 12.2. The fourth-order valence-corrected chi connectivity index (χ4v) is 4.98. The van der Waals surface area contributed by atoms with Crippen LogP contribution in [0.5, 0.6) is 5.75 Å². The van der Waals surface area contributed by atoms with E-state index >= 15 is 0 Å². The van der Waals surface area contributed by atoms with E-state index in [1.807, 2.05) is 37.3 Å². The van der Waals surface area contributed by atoms with E-state index in [9.17, 15) is 13.2 Å². The molecule has 7 nitrogen and oxygen atoms in total. The van der Waals surface area contributed by atoms with E-state index in [2.05, 4.69) is 15.4 Å². The van der Waals surface area contributed by atoms with Gasteiger partial charge in [0.05, 0.1) is 11.0 Å². The fourth-order valence-electron chi connectivity index (χ4n) is 3.62. The third-order valence-corrected chi connectivity index (χ3v) is 6.95. The summed E-state index contributed by atoms with van der Waals surface area (Å²) in [5, 5.41) is 5.48. The molecule has 0 aromatic heterocycles. The Morgan fingerprint density at radius 3 is 2.55 bits per heavy atom. The minimum Gasteiger partial charge on any atom is -0.490 e. The average Bonchev–Trinajstić information content (AvgIpc) is 3.25. The van der Waals surface area contributed by atoms with Gasteiger partial charge in [-0.25, -0.2) is 17.9 Å². The molecule has 0 spiro atoms. The van der Waals surface area contributed by atoms with E-state index < -0.39 is 10.0 Å². The molecule has 1 saturated carbocycles. The van der Waals surface area contributed by atoms with Gasteiger partial charge in [-0.2, -0.15) is 0 Å². The number of rotatable bonds is 9. The zero-order valence-electron chi connectivity index (χ0n) is 18.1. The number of sulfonamides is 1. The number of urea groups is 1. The van der Waals surface area contributed by atoms with Crippen molar-refractivity contribution in [1.82, 2.24) is 15.4 Å². The molecule has 2 amide bonds. The second-order valence-corrected chi connectivity index (χ2v) is 9.64. The normalized spacial score (nSPS) is 14.4. The Hall–Kier alpha value is -2.58. The third-order valence-electron chi connectivity index (χ3n) is 5.34. The van der Waals surface area contributed by atoms with Crippen molar-refractivity contribution in [3.05, 3.63) is 59.2 Å². The van der Waals surface area contributed by atoms with Crippen LogP contribution in [0.25, 0.3) is 0 Å². The number of para-hydroxylation sites is 1. The highest BCUT2D eigenvalue weighted by Gasteiger charge is 2.18. The van der Waals surface area contributed by atoms with Crippen LogP contribution in [0.1, 0.15) is 42.4 Å². The first-order valence-electron chi connectivity index (χ1n) is 10.7. The maximum atomic E-state index is 12.5. The number of hydrogen-bond donors (Lipinski definition) is 3. The first kappa shape index (κ1) is 23.1. The Kier molecular flexibility index (Phi) is 7.92. The lowest BCUT2D eigenvalue weighted by molar-refractivity contribution is 0.207. The summed E-state index contributed by atoms with van der Waals surface area (Å²) in [6.45, 7) is 4.22. The Morgan fingerprint density at radius 1 is 1.03 bits per heavy atom. The van der Waals surface area contributed by atoms with Gasteiger partial charge in [0.15, 0.2) is 0 Å². The van der Waals surface area contributed by atoms with Gasteiger partial charge in [-0.3, -0.25) is 0 Å². The van der Waals surface area contributed by atoms with Crippen molar-refractivity contribution in [2.24, 2.45) is 0 Å². The molecule has 2 aromatic rings. The van der Waals surface area contributed by atoms with Gasteiger partial charge in [0.25, 0.3) is 0 Å². The third kappa shape index (κ3) is 6.70. The second kappa shape index (κ2) is 10.6. The molecule has 1 fully saturated rings. The van der Waals surface area contributed by atoms with Gasteiger partial charge < -0.3 is 15.4 Å². The van der Waals surface area contributed by atoms with Crippen LogP contribution in [0, 0.1) is 13.8 Å². The molecule has 0 radical (unpaired) electrons. The van der Waals surface area contributed by atoms with Crippen LogP contribution in [0.15, 0.2) is 47.4 Å². The Balaban J connectivity index is 1.43. The number of nitrogens with one attached hydrogen (secondary N) is 3. The SMILES string of the molecule is Cc1ccc(C)c(S(=O)(=O)NCCNC(=O)NCc2ccccc2OC2CCCC2)c1. The zero-order chi connectivity index (χ0) is 22.3. The van der Waals surface area contributed by atoms with Gasteiger partial charge in [0.2, 0.25) is 10.0 Å². The summed E-state index contributed by atoms with van der Waals surface area (Å²) in [7, 11) is -3.62. The zero-order valence-corrected chi connectivity index (χ0v) is 18.9. The first-order chi connectivity index (χ1) is 14.8. The largest absolute Gasteiger partial charge is 0.490 e. The Morgan fingerprint density at radius 2 is 1.77 bits per heavy atom. The lowest BCUT2D eigenvalue weighted by Crippen LogP contribution is -2.40. The highest BCUT2D eigenvalue weighted by Crippen LogP contribution is 2.26. The van der Waals surface area contributed by atoms with Crippen molar-refractivity contribution in [1.29, 1.82) is 0 Å². The number of ether oxygens (including phenoxy) is 1. The van der Waals surface area contributed by atoms with Gasteiger partial charge in [-0.05, 0) is 62.8 Å². The molecule has 0 atom stereocenters.